The van der Waals surface area contributed by atoms with Gasteiger partial charge < -0.3 is 4.90 Å². The van der Waals surface area contributed by atoms with E-state index in [9.17, 15) is 4.79 Å². The van der Waals surface area contributed by atoms with Crippen molar-refractivity contribution in [1.29, 1.82) is 0 Å². The molecule has 0 aliphatic carbocycles. The number of rotatable bonds is 8. The molecule has 0 aliphatic rings. The third-order valence-corrected chi connectivity index (χ3v) is 4.87. The molecule has 7 heteroatoms. The van der Waals surface area contributed by atoms with Gasteiger partial charge in [-0.1, -0.05) is 55.9 Å². The molecule has 6 nitrogen and oxygen atoms in total. The first-order valence-electron chi connectivity index (χ1n) is 8.33. The van der Waals surface area contributed by atoms with Crippen LogP contribution in [0.5, 0.6) is 0 Å². The van der Waals surface area contributed by atoms with Crippen molar-refractivity contribution in [1.82, 2.24) is 25.1 Å². The zero-order chi connectivity index (χ0) is 17.5. The Hall–Kier alpha value is -1.89. The molecule has 130 valence electrons. The Balaban J connectivity index is 2.30. The number of likely N-dealkylation sites (N-methyl/N-ethyl adjacent to an activating group) is 1. The van der Waals surface area contributed by atoms with Crippen LogP contribution in [0.1, 0.15) is 38.5 Å². The quantitative estimate of drug-likeness (QED) is 0.687. The molecule has 2 aromatic rings. The lowest BCUT2D eigenvalue weighted by atomic mass is 10.1. The van der Waals surface area contributed by atoms with Gasteiger partial charge in [0.1, 0.15) is 5.25 Å². The topological polar surface area (TPSA) is 63.9 Å². The fourth-order valence-electron chi connectivity index (χ4n) is 2.44. The first kappa shape index (κ1) is 18.4. The van der Waals surface area contributed by atoms with Gasteiger partial charge in [0.2, 0.25) is 11.1 Å². The van der Waals surface area contributed by atoms with Crippen molar-refractivity contribution < 1.29 is 4.79 Å². The van der Waals surface area contributed by atoms with Crippen LogP contribution in [0.15, 0.2) is 35.5 Å². The molecular weight excluding hydrogens is 322 g/mol. The van der Waals surface area contributed by atoms with Gasteiger partial charge in [0.05, 0.1) is 0 Å². The molecule has 1 heterocycles. The maximum atomic E-state index is 13.0. The van der Waals surface area contributed by atoms with Crippen molar-refractivity contribution in [3.63, 3.8) is 0 Å². The van der Waals surface area contributed by atoms with E-state index in [-0.39, 0.29) is 11.2 Å². The minimum Gasteiger partial charge on any atom is -0.342 e. The molecule has 0 saturated carbocycles. The van der Waals surface area contributed by atoms with E-state index in [0.29, 0.717) is 24.2 Å². The van der Waals surface area contributed by atoms with Gasteiger partial charge in [0, 0.05) is 19.6 Å². The standard InChI is InChI=1S/C17H25N5OS/c1-5-21(6-2)16(23)15(14-10-8-7-9-11-14)24-17-18-19-20-22(17)12-13(3)4/h7-11,13,15H,5-6,12H2,1-4H3. The van der Waals surface area contributed by atoms with Crippen LogP contribution in [-0.2, 0) is 11.3 Å². The minimum atomic E-state index is -0.344. The van der Waals surface area contributed by atoms with E-state index in [1.54, 1.807) is 4.68 Å². The van der Waals surface area contributed by atoms with E-state index < -0.39 is 0 Å². The van der Waals surface area contributed by atoms with E-state index in [1.165, 1.54) is 11.8 Å². The highest BCUT2D eigenvalue weighted by Gasteiger charge is 2.28. The number of nitrogens with zero attached hydrogens (tertiary/aromatic N) is 5. The van der Waals surface area contributed by atoms with Crippen LogP contribution < -0.4 is 0 Å². The fraction of sp³-hybridized carbons (Fsp3) is 0.529. The maximum Gasteiger partial charge on any atom is 0.240 e. The molecule has 0 aliphatic heterocycles. The minimum absolute atomic E-state index is 0.0929. The maximum absolute atomic E-state index is 13.0. The number of thioether (sulfide) groups is 1. The molecule has 2 rings (SSSR count). The fourth-order valence-corrected chi connectivity index (χ4v) is 3.51. The van der Waals surface area contributed by atoms with E-state index in [1.807, 2.05) is 49.1 Å². The summed E-state index contributed by atoms with van der Waals surface area (Å²) in [5.41, 5.74) is 0.971. The summed E-state index contributed by atoms with van der Waals surface area (Å²) in [6.45, 7) is 10.3. The first-order chi connectivity index (χ1) is 11.6. The average molecular weight is 347 g/mol. The monoisotopic (exact) mass is 347 g/mol. The Kier molecular flexibility index (Phi) is 6.78. The molecule has 0 fully saturated rings. The Morgan fingerprint density at radius 2 is 1.88 bits per heavy atom. The summed E-state index contributed by atoms with van der Waals surface area (Å²) in [6, 6.07) is 9.83. The zero-order valence-corrected chi connectivity index (χ0v) is 15.5. The van der Waals surface area contributed by atoms with Crippen molar-refractivity contribution in [3.8, 4) is 0 Å². The van der Waals surface area contributed by atoms with Crippen molar-refractivity contribution in [2.24, 2.45) is 5.92 Å². The highest BCUT2D eigenvalue weighted by atomic mass is 32.2. The van der Waals surface area contributed by atoms with E-state index in [2.05, 4.69) is 29.4 Å². The lowest BCUT2D eigenvalue weighted by Gasteiger charge is -2.24. The molecule has 0 radical (unpaired) electrons. The molecule has 1 unspecified atom stereocenters. The summed E-state index contributed by atoms with van der Waals surface area (Å²) in [5.74, 6) is 0.525. The largest absolute Gasteiger partial charge is 0.342 e. The number of carbonyl (C=O) groups excluding carboxylic acids is 1. The van der Waals surface area contributed by atoms with Gasteiger partial charge >= 0.3 is 0 Å². The van der Waals surface area contributed by atoms with Gasteiger partial charge in [0.15, 0.2) is 0 Å². The Labute approximate surface area is 147 Å². The van der Waals surface area contributed by atoms with Crippen molar-refractivity contribution in [2.45, 2.75) is 44.6 Å². The van der Waals surface area contributed by atoms with Crippen LogP contribution in [0.3, 0.4) is 0 Å². The molecule has 0 bridgehead atoms. The predicted molar refractivity (Wildman–Crippen MR) is 95.6 cm³/mol. The zero-order valence-electron chi connectivity index (χ0n) is 14.7. The number of benzene rings is 1. The summed E-state index contributed by atoms with van der Waals surface area (Å²) in [4.78, 5) is 14.8. The van der Waals surface area contributed by atoms with Crippen molar-refractivity contribution >= 4 is 17.7 Å². The van der Waals surface area contributed by atoms with Crippen LogP contribution >= 0.6 is 11.8 Å². The van der Waals surface area contributed by atoms with Crippen LogP contribution in [0.25, 0.3) is 0 Å². The van der Waals surface area contributed by atoms with Gasteiger partial charge in [-0.2, -0.15) is 0 Å². The summed E-state index contributed by atoms with van der Waals surface area (Å²) in [5, 5.41) is 12.3. The second-order valence-electron chi connectivity index (χ2n) is 5.96. The number of carbonyl (C=O) groups is 1. The molecule has 1 amide bonds. The summed E-state index contributed by atoms with van der Waals surface area (Å²) in [6.07, 6.45) is 0. The third kappa shape index (κ3) is 4.56. The van der Waals surface area contributed by atoms with Gasteiger partial charge in [-0.3, -0.25) is 4.79 Å². The van der Waals surface area contributed by atoms with Crippen molar-refractivity contribution in [2.75, 3.05) is 13.1 Å². The Morgan fingerprint density at radius 3 is 2.46 bits per heavy atom. The van der Waals surface area contributed by atoms with Crippen molar-refractivity contribution in [3.05, 3.63) is 35.9 Å². The number of amides is 1. The molecule has 1 atom stereocenters. The van der Waals surface area contributed by atoms with Crippen LogP contribution in [-0.4, -0.2) is 44.1 Å². The Morgan fingerprint density at radius 1 is 1.21 bits per heavy atom. The molecule has 1 aromatic heterocycles. The van der Waals surface area contributed by atoms with Gasteiger partial charge in [0.25, 0.3) is 0 Å². The highest BCUT2D eigenvalue weighted by molar-refractivity contribution is 8.00. The lowest BCUT2D eigenvalue weighted by Crippen LogP contribution is -2.34. The molecule has 1 aromatic carbocycles. The molecular formula is C17H25N5OS. The lowest BCUT2D eigenvalue weighted by molar-refractivity contribution is -0.130. The SMILES string of the molecule is CCN(CC)C(=O)C(Sc1nnnn1CC(C)C)c1ccccc1. The van der Waals surface area contributed by atoms with Gasteiger partial charge in [-0.25, -0.2) is 4.68 Å². The van der Waals surface area contributed by atoms with Crippen LogP contribution in [0, 0.1) is 5.92 Å². The second-order valence-corrected chi connectivity index (χ2v) is 7.03. The number of aromatic nitrogens is 4. The van der Waals surface area contributed by atoms with E-state index in [0.717, 1.165) is 12.1 Å². The first-order valence-corrected chi connectivity index (χ1v) is 9.21. The number of hydrogen-bond acceptors (Lipinski definition) is 5. The third-order valence-electron chi connectivity index (χ3n) is 3.66. The number of tetrazole rings is 1. The van der Waals surface area contributed by atoms with E-state index >= 15 is 0 Å². The average Bonchev–Trinajstić information content (AvgIpc) is 3.00. The van der Waals surface area contributed by atoms with Gasteiger partial charge in [-0.05, 0) is 35.8 Å². The summed E-state index contributed by atoms with van der Waals surface area (Å²) >= 11 is 1.42. The smallest absolute Gasteiger partial charge is 0.240 e. The van der Waals surface area contributed by atoms with Crippen LogP contribution in [0.2, 0.25) is 0 Å². The summed E-state index contributed by atoms with van der Waals surface area (Å²) < 4.78 is 1.78. The molecule has 24 heavy (non-hydrogen) atoms. The van der Waals surface area contributed by atoms with E-state index in [4.69, 9.17) is 0 Å². The second kappa shape index (κ2) is 8.82. The highest BCUT2D eigenvalue weighted by Crippen LogP contribution is 2.35. The molecule has 0 spiro atoms. The normalized spacial score (nSPS) is 12.4. The van der Waals surface area contributed by atoms with Gasteiger partial charge in [-0.15, -0.1) is 5.10 Å². The summed E-state index contributed by atoms with van der Waals surface area (Å²) in [7, 11) is 0. The molecule has 0 N–H and O–H groups in total. The van der Waals surface area contributed by atoms with Crippen LogP contribution in [0.4, 0.5) is 0 Å². The molecule has 0 saturated heterocycles. The Bertz CT molecular complexity index is 639. The predicted octanol–water partition coefficient (Wildman–Crippen LogP) is 3.03. The number of hydrogen-bond donors (Lipinski definition) is 0.